The van der Waals surface area contributed by atoms with Crippen LogP contribution in [-0.4, -0.2) is 47.5 Å². The molecule has 1 saturated heterocycles. The molecule has 32 heavy (non-hydrogen) atoms. The summed E-state index contributed by atoms with van der Waals surface area (Å²) in [6, 6.07) is 13.8. The third kappa shape index (κ3) is 3.93. The molecule has 3 aromatic rings. The van der Waals surface area contributed by atoms with Gasteiger partial charge in [-0.25, -0.2) is 4.79 Å². The first-order valence-electron chi connectivity index (χ1n) is 10.1. The van der Waals surface area contributed by atoms with Gasteiger partial charge in [0.2, 0.25) is 18.5 Å². The molecular formula is C22H20N6O4. The second-order valence-corrected chi connectivity index (χ2v) is 7.70. The number of aromatic nitrogens is 2. The Hall–Kier alpha value is -4.10. The highest BCUT2D eigenvalue weighted by Crippen LogP contribution is 2.36. The van der Waals surface area contributed by atoms with Crippen LogP contribution in [0, 0.1) is 11.3 Å². The van der Waals surface area contributed by atoms with Gasteiger partial charge in [0.1, 0.15) is 0 Å². The molecule has 2 aliphatic rings. The lowest BCUT2D eigenvalue weighted by atomic mass is 10.1. The fourth-order valence-corrected chi connectivity index (χ4v) is 3.94. The number of hydrogen-bond acceptors (Lipinski definition) is 8. The van der Waals surface area contributed by atoms with Crippen LogP contribution in [0.2, 0.25) is 0 Å². The minimum Gasteiger partial charge on any atom is -0.454 e. The van der Waals surface area contributed by atoms with Crippen LogP contribution in [0.5, 0.6) is 11.5 Å². The molecule has 2 amide bonds. The van der Waals surface area contributed by atoms with E-state index in [1.807, 2.05) is 25.2 Å². The molecule has 0 radical (unpaired) electrons. The molecule has 5 rings (SSSR count). The third-order valence-corrected chi connectivity index (χ3v) is 5.49. The van der Waals surface area contributed by atoms with Crippen LogP contribution in [0.3, 0.4) is 0 Å². The molecule has 0 spiro atoms. The molecule has 2 N–H and O–H groups in total. The van der Waals surface area contributed by atoms with E-state index in [1.165, 1.54) is 0 Å². The van der Waals surface area contributed by atoms with Crippen LogP contribution in [0.15, 0.2) is 47.0 Å². The molecule has 10 nitrogen and oxygen atoms in total. The molecule has 1 fully saturated rings. The molecule has 10 heteroatoms. The highest BCUT2D eigenvalue weighted by Gasteiger charge is 2.35. The van der Waals surface area contributed by atoms with Crippen molar-refractivity contribution in [3.05, 3.63) is 53.9 Å². The second-order valence-electron chi connectivity index (χ2n) is 7.70. The van der Waals surface area contributed by atoms with E-state index in [-0.39, 0.29) is 24.9 Å². The Bertz CT molecular complexity index is 1200. The molecule has 2 aromatic carbocycles. The molecule has 1 aromatic heterocycles. The van der Waals surface area contributed by atoms with Gasteiger partial charge in [-0.1, -0.05) is 11.2 Å². The Morgan fingerprint density at radius 3 is 2.97 bits per heavy atom. The van der Waals surface area contributed by atoms with Gasteiger partial charge in [-0.3, -0.25) is 4.90 Å². The number of likely N-dealkylation sites (tertiary alicyclic amines) is 1. The third-order valence-electron chi connectivity index (χ3n) is 5.49. The Labute approximate surface area is 183 Å². The van der Waals surface area contributed by atoms with Gasteiger partial charge in [-0.05, 0) is 49.9 Å². The normalized spacial score (nSPS) is 19.5. The highest BCUT2D eigenvalue weighted by atomic mass is 16.7. The van der Waals surface area contributed by atoms with Gasteiger partial charge in [0.25, 0.3) is 0 Å². The average Bonchev–Trinajstić information content (AvgIpc) is 3.52. The van der Waals surface area contributed by atoms with E-state index < -0.39 is 0 Å². The molecule has 0 bridgehead atoms. The highest BCUT2D eigenvalue weighted by molar-refractivity contribution is 5.89. The fraction of sp³-hybridized carbons (Fsp3) is 0.273. The summed E-state index contributed by atoms with van der Waals surface area (Å²) >= 11 is 0. The van der Waals surface area contributed by atoms with Gasteiger partial charge in [0.15, 0.2) is 11.5 Å². The maximum absolute atomic E-state index is 12.4. The van der Waals surface area contributed by atoms with E-state index in [0.717, 1.165) is 5.56 Å². The molecule has 2 aliphatic heterocycles. The van der Waals surface area contributed by atoms with E-state index in [0.29, 0.717) is 47.4 Å². The Balaban J connectivity index is 1.23. The first kappa shape index (κ1) is 19.8. The predicted molar refractivity (Wildman–Crippen MR) is 113 cm³/mol. The number of carbonyl (C=O) groups is 1. The molecule has 2 atom stereocenters. The number of fused-ring (bicyclic) bond motifs is 1. The van der Waals surface area contributed by atoms with Crippen LogP contribution >= 0.6 is 0 Å². The number of likely N-dealkylation sites (N-methyl/N-ethyl adjacent to an activating group) is 1. The summed E-state index contributed by atoms with van der Waals surface area (Å²) in [7, 11) is 1.95. The van der Waals surface area contributed by atoms with Gasteiger partial charge in [0.05, 0.1) is 17.7 Å². The average molecular weight is 432 g/mol. The molecular weight excluding hydrogens is 412 g/mol. The number of anilines is 1. The van der Waals surface area contributed by atoms with Crippen molar-refractivity contribution in [1.82, 2.24) is 20.4 Å². The molecule has 0 aliphatic carbocycles. The van der Waals surface area contributed by atoms with E-state index >= 15 is 0 Å². The summed E-state index contributed by atoms with van der Waals surface area (Å²) in [5.74, 6) is 2.31. The SMILES string of the molecule is CN1C[C@@H](NC(=O)Nc2cccc(C#N)c2)C[C@H]1c1nc(-c2ccc3c(c2)OCO3)no1. The second kappa shape index (κ2) is 8.20. The summed E-state index contributed by atoms with van der Waals surface area (Å²) in [6.45, 7) is 0.840. The lowest BCUT2D eigenvalue weighted by molar-refractivity contribution is 0.174. The number of benzene rings is 2. The maximum atomic E-state index is 12.4. The lowest BCUT2D eigenvalue weighted by Gasteiger charge is -2.14. The summed E-state index contributed by atoms with van der Waals surface area (Å²) in [6.07, 6.45) is 0.630. The summed E-state index contributed by atoms with van der Waals surface area (Å²) in [5, 5.41) is 18.8. The minimum atomic E-state index is -0.328. The van der Waals surface area contributed by atoms with Crippen LogP contribution in [0.4, 0.5) is 10.5 Å². The van der Waals surface area contributed by atoms with Gasteiger partial charge in [-0.2, -0.15) is 10.2 Å². The predicted octanol–water partition coefficient (Wildman–Crippen LogP) is 2.90. The number of nitriles is 1. The zero-order valence-corrected chi connectivity index (χ0v) is 17.2. The first-order valence-corrected chi connectivity index (χ1v) is 10.1. The zero-order chi connectivity index (χ0) is 22.1. The van der Waals surface area contributed by atoms with Crippen molar-refractivity contribution in [2.45, 2.75) is 18.5 Å². The van der Waals surface area contributed by atoms with Gasteiger partial charge >= 0.3 is 6.03 Å². The van der Waals surface area contributed by atoms with Crippen LogP contribution in [-0.2, 0) is 0 Å². The standard InChI is InChI=1S/C22H20N6O4/c1-28-11-16(25-22(29)24-15-4-2-3-13(7-15)10-23)9-17(28)21-26-20(27-32-21)14-5-6-18-19(8-14)31-12-30-18/h2-8,16-17H,9,11-12H2,1H3,(H2,24,25,29)/t16-,17-/m0/s1. The number of urea groups is 1. The van der Waals surface area contributed by atoms with Crippen molar-refractivity contribution in [3.63, 3.8) is 0 Å². The molecule has 162 valence electrons. The number of hydrogen-bond donors (Lipinski definition) is 2. The van der Waals surface area contributed by atoms with Crippen molar-refractivity contribution < 1.29 is 18.8 Å². The summed E-state index contributed by atoms with van der Waals surface area (Å²) < 4.78 is 16.3. The Morgan fingerprint density at radius 2 is 2.09 bits per heavy atom. The van der Waals surface area contributed by atoms with E-state index in [1.54, 1.807) is 24.3 Å². The quantitative estimate of drug-likeness (QED) is 0.645. The number of nitrogens with one attached hydrogen (secondary N) is 2. The Kier molecular flexibility index (Phi) is 5.09. The number of carbonyl (C=O) groups excluding carboxylic acids is 1. The molecule has 3 heterocycles. The smallest absolute Gasteiger partial charge is 0.319 e. The van der Waals surface area contributed by atoms with Crippen molar-refractivity contribution in [2.75, 3.05) is 25.7 Å². The fourth-order valence-electron chi connectivity index (χ4n) is 3.94. The minimum absolute atomic E-state index is 0.0926. The van der Waals surface area contributed by atoms with Crippen LogP contribution < -0.4 is 20.1 Å². The largest absolute Gasteiger partial charge is 0.454 e. The zero-order valence-electron chi connectivity index (χ0n) is 17.2. The van der Waals surface area contributed by atoms with Crippen molar-refractivity contribution >= 4 is 11.7 Å². The van der Waals surface area contributed by atoms with Crippen molar-refractivity contribution in [2.24, 2.45) is 0 Å². The van der Waals surface area contributed by atoms with Crippen LogP contribution in [0.25, 0.3) is 11.4 Å². The summed E-state index contributed by atoms with van der Waals surface area (Å²) in [4.78, 5) is 19.0. The Morgan fingerprint density at radius 1 is 1.22 bits per heavy atom. The van der Waals surface area contributed by atoms with E-state index in [2.05, 4.69) is 31.7 Å². The number of nitrogens with zero attached hydrogens (tertiary/aromatic N) is 4. The van der Waals surface area contributed by atoms with Gasteiger partial charge in [0, 0.05) is 23.8 Å². The van der Waals surface area contributed by atoms with E-state index in [4.69, 9.17) is 19.3 Å². The van der Waals surface area contributed by atoms with Crippen LogP contribution in [0.1, 0.15) is 23.9 Å². The molecule has 0 saturated carbocycles. The van der Waals surface area contributed by atoms with Gasteiger partial charge in [-0.15, -0.1) is 0 Å². The first-order chi connectivity index (χ1) is 15.6. The van der Waals surface area contributed by atoms with Gasteiger partial charge < -0.3 is 24.6 Å². The van der Waals surface area contributed by atoms with Crippen molar-refractivity contribution in [1.29, 1.82) is 5.26 Å². The number of ether oxygens (including phenoxy) is 2. The van der Waals surface area contributed by atoms with E-state index in [9.17, 15) is 4.79 Å². The topological polar surface area (TPSA) is 126 Å². The maximum Gasteiger partial charge on any atom is 0.319 e. The van der Waals surface area contributed by atoms with Crippen molar-refractivity contribution in [3.8, 4) is 29.0 Å². The monoisotopic (exact) mass is 432 g/mol. The summed E-state index contributed by atoms with van der Waals surface area (Å²) in [5.41, 5.74) is 1.83. The molecule has 0 unspecified atom stereocenters. The number of amides is 2. The lowest BCUT2D eigenvalue weighted by Crippen LogP contribution is -2.39. The number of rotatable bonds is 4.